The van der Waals surface area contributed by atoms with Crippen LogP contribution >= 0.6 is 11.8 Å². The van der Waals surface area contributed by atoms with E-state index in [1.807, 2.05) is 6.26 Å². The van der Waals surface area contributed by atoms with Crippen molar-refractivity contribution in [1.29, 1.82) is 0 Å². The van der Waals surface area contributed by atoms with Gasteiger partial charge in [0.2, 0.25) is 10.0 Å². The third kappa shape index (κ3) is 4.75. The average Bonchev–Trinajstić information content (AvgIpc) is 2.35. The van der Waals surface area contributed by atoms with Gasteiger partial charge in [-0.2, -0.15) is 11.8 Å². The number of nitrogens with one attached hydrogen (secondary N) is 1. The molecule has 0 bridgehead atoms. The van der Waals surface area contributed by atoms with Crippen LogP contribution in [0.2, 0.25) is 0 Å². The first kappa shape index (κ1) is 15.7. The molecule has 8 heteroatoms. The third-order valence-electron chi connectivity index (χ3n) is 2.82. The Morgan fingerprint density at radius 1 is 1.50 bits per heavy atom. The van der Waals surface area contributed by atoms with Gasteiger partial charge in [0.25, 0.3) is 0 Å². The van der Waals surface area contributed by atoms with Gasteiger partial charge in [-0.3, -0.25) is 4.79 Å². The molecule has 2 N–H and O–H groups in total. The highest BCUT2D eigenvalue weighted by Gasteiger charge is 2.31. The molecule has 1 heterocycles. The molecule has 0 unspecified atom stereocenters. The maximum atomic E-state index is 12.0. The van der Waals surface area contributed by atoms with Gasteiger partial charge in [0.1, 0.15) is 6.04 Å². The lowest BCUT2D eigenvalue weighted by Gasteiger charge is -2.24. The summed E-state index contributed by atoms with van der Waals surface area (Å²) in [7, 11) is -3.58. The Hall–Kier alpha value is -0.310. The van der Waals surface area contributed by atoms with E-state index in [0.29, 0.717) is 38.2 Å². The van der Waals surface area contributed by atoms with E-state index in [9.17, 15) is 13.2 Å². The summed E-state index contributed by atoms with van der Waals surface area (Å²) in [6, 6.07) is -1.04. The van der Waals surface area contributed by atoms with Gasteiger partial charge in [0.15, 0.2) is 0 Å². The van der Waals surface area contributed by atoms with E-state index in [1.165, 1.54) is 11.8 Å². The van der Waals surface area contributed by atoms with Crippen molar-refractivity contribution in [3.63, 3.8) is 0 Å². The largest absolute Gasteiger partial charge is 0.480 e. The predicted molar refractivity (Wildman–Crippen MR) is 70.3 cm³/mol. The topological polar surface area (TPSA) is 92.7 Å². The minimum Gasteiger partial charge on any atom is -0.480 e. The number of carbonyl (C=O) groups is 1. The highest BCUT2D eigenvalue weighted by Crippen LogP contribution is 2.16. The van der Waals surface area contributed by atoms with Crippen LogP contribution in [0.5, 0.6) is 0 Å². The Labute approximate surface area is 112 Å². The van der Waals surface area contributed by atoms with E-state index in [1.54, 1.807) is 0 Å². The number of ether oxygens (including phenoxy) is 1. The monoisotopic (exact) mass is 297 g/mol. The van der Waals surface area contributed by atoms with Crippen LogP contribution in [0.1, 0.15) is 19.3 Å². The summed E-state index contributed by atoms with van der Waals surface area (Å²) in [6.07, 6.45) is 2.99. The van der Waals surface area contributed by atoms with Crippen LogP contribution in [0.4, 0.5) is 0 Å². The smallest absolute Gasteiger partial charge is 0.321 e. The number of carboxylic acid groups (broad SMARTS) is 1. The summed E-state index contributed by atoms with van der Waals surface area (Å²) >= 11 is 1.49. The second-order valence-electron chi connectivity index (χ2n) is 4.15. The van der Waals surface area contributed by atoms with Gasteiger partial charge in [-0.05, 0) is 31.3 Å². The normalized spacial score (nSPS) is 19.6. The van der Waals surface area contributed by atoms with Crippen molar-refractivity contribution in [1.82, 2.24) is 4.72 Å². The molecule has 1 aliphatic rings. The van der Waals surface area contributed by atoms with Crippen LogP contribution < -0.4 is 4.72 Å². The molecule has 0 aromatic rings. The highest BCUT2D eigenvalue weighted by molar-refractivity contribution is 7.98. The lowest BCUT2D eigenvalue weighted by atomic mass is 10.2. The molecular weight excluding hydrogens is 278 g/mol. The quantitative estimate of drug-likeness (QED) is 0.702. The van der Waals surface area contributed by atoms with E-state index < -0.39 is 27.3 Å². The number of hydrogen-bond acceptors (Lipinski definition) is 5. The van der Waals surface area contributed by atoms with Crippen LogP contribution in [0.25, 0.3) is 0 Å². The van der Waals surface area contributed by atoms with Crippen LogP contribution in [-0.2, 0) is 19.6 Å². The molecule has 1 rings (SSSR count). The average molecular weight is 297 g/mol. The second kappa shape index (κ2) is 7.32. The van der Waals surface area contributed by atoms with E-state index in [2.05, 4.69) is 4.72 Å². The molecule has 18 heavy (non-hydrogen) atoms. The third-order valence-corrected chi connectivity index (χ3v) is 5.43. The first-order valence-corrected chi connectivity index (χ1v) is 8.72. The summed E-state index contributed by atoms with van der Waals surface area (Å²) in [4.78, 5) is 11.0. The molecule has 0 saturated carbocycles. The number of rotatable bonds is 7. The Morgan fingerprint density at radius 2 is 2.11 bits per heavy atom. The Kier molecular flexibility index (Phi) is 6.40. The lowest BCUT2D eigenvalue weighted by Crippen LogP contribution is -2.46. The molecule has 0 aliphatic carbocycles. The first-order chi connectivity index (χ1) is 8.47. The van der Waals surface area contributed by atoms with Crippen molar-refractivity contribution >= 4 is 27.8 Å². The minimum atomic E-state index is -3.58. The van der Waals surface area contributed by atoms with Gasteiger partial charge in [-0.1, -0.05) is 0 Å². The van der Waals surface area contributed by atoms with Crippen molar-refractivity contribution in [2.24, 2.45) is 0 Å². The molecule has 1 saturated heterocycles. The van der Waals surface area contributed by atoms with Crippen LogP contribution in [-0.4, -0.2) is 56.0 Å². The second-order valence-corrected chi connectivity index (χ2v) is 7.12. The SMILES string of the molecule is CSCC[C@H](NS(=O)(=O)C1CCOCC1)C(=O)O. The van der Waals surface area contributed by atoms with Crippen LogP contribution in [0.3, 0.4) is 0 Å². The van der Waals surface area contributed by atoms with Crippen molar-refractivity contribution in [3.8, 4) is 0 Å². The Morgan fingerprint density at radius 3 is 2.61 bits per heavy atom. The van der Waals surface area contributed by atoms with Crippen LogP contribution in [0, 0.1) is 0 Å². The van der Waals surface area contributed by atoms with Crippen molar-refractivity contribution in [2.45, 2.75) is 30.6 Å². The minimum absolute atomic E-state index is 0.291. The molecule has 1 atom stereocenters. The fourth-order valence-electron chi connectivity index (χ4n) is 1.75. The zero-order chi connectivity index (χ0) is 13.6. The van der Waals surface area contributed by atoms with Gasteiger partial charge in [-0.15, -0.1) is 0 Å². The number of sulfonamides is 1. The predicted octanol–water partition coefficient (Wildman–Crippen LogP) is 0.291. The lowest BCUT2D eigenvalue weighted by molar-refractivity contribution is -0.139. The molecular formula is C10H19NO5S2. The summed E-state index contributed by atoms with van der Waals surface area (Å²) in [5.74, 6) is -0.521. The zero-order valence-electron chi connectivity index (χ0n) is 10.3. The number of aliphatic carboxylic acids is 1. The summed E-state index contributed by atoms with van der Waals surface area (Å²) in [5, 5.41) is 8.46. The fraction of sp³-hybridized carbons (Fsp3) is 0.900. The van der Waals surface area contributed by atoms with E-state index in [4.69, 9.17) is 9.84 Å². The van der Waals surface area contributed by atoms with Gasteiger partial charge >= 0.3 is 5.97 Å². The number of hydrogen-bond donors (Lipinski definition) is 2. The summed E-state index contributed by atoms with van der Waals surface area (Å²) in [5.41, 5.74) is 0. The molecule has 106 valence electrons. The number of carboxylic acids is 1. The van der Waals surface area contributed by atoms with Gasteiger partial charge in [-0.25, -0.2) is 13.1 Å². The van der Waals surface area contributed by atoms with Gasteiger partial charge < -0.3 is 9.84 Å². The summed E-state index contributed by atoms with van der Waals surface area (Å²) in [6.45, 7) is 0.822. The van der Waals surface area contributed by atoms with Crippen molar-refractivity contribution in [2.75, 3.05) is 25.2 Å². The Bertz CT molecular complexity index is 364. The van der Waals surface area contributed by atoms with Crippen molar-refractivity contribution < 1.29 is 23.1 Å². The van der Waals surface area contributed by atoms with E-state index in [-0.39, 0.29) is 0 Å². The van der Waals surface area contributed by atoms with E-state index >= 15 is 0 Å². The molecule has 1 fully saturated rings. The molecule has 0 spiro atoms. The first-order valence-electron chi connectivity index (χ1n) is 5.78. The molecule has 0 aromatic heterocycles. The fourth-order valence-corrected chi connectivity index (χ4v) is 3.84. The molecule has 1 aliphatic heterocycles. The molecule has 6 nitrogen and oxygen atoms in total. The number of thioether (sulfide) groups is 1. The zero-order valence-corrected chi connectivity index (χ0v) is 11.9. The van der Waals surface area contributed by atoms with Gasteiger partial charge in [0.05, 0.1) is 5.25 Å². The Balaban J connectivity index is 2.62. The maximum Gasteiger partial charge on any atom is 0.321 e. The maximum absolute atomic E-state index is 12.0. The standard InChI is InChI=1S/C10H19NO5S2/c1-17-7-4-9(10(12)13)11-18(14,15)8-2-5-16-6-3-8/h8-9,11H,2-7H2,1H3,(H,12,13)/t9-/m0/s1. The van der Waals surface area contributed by atoms with Crippen LogP contribution in [0.15, 0.2) is 0 Å². The highest BCUT2D eigenvalue weighted by atomic mass is 32.2. The summed E-state index contributed by atoms with van der Waals surface area (Å²) < 4.78 is 31.5. The molecule has 0 radical (unpaired) electrons. The van der Waals surface area contributed by atoms with E-state index in [0.717, 1.165) is 0 Å². The molecule has 0 amide bonds. The van der Waals surface area contributed by atoms with Crippen molar-refractivity contribution in [3.05, 3.63) is 0 Å². The molecule has 0 aromatic carbocycles. The van der Waals surface area contributed by atoms with Gasteiger partial charge in [0, 0.05) is 13.2 Å².